The van der Waals surface area contributed by atoms with Crippen LogP contribution in [0.5, 0.6) is 0 Å². The first-order valence-electron chi connectivity index (χ1n) is 35.2. The number of aliphatic hydroxyl groups is 1. The van der Waals surface area contributed by atoms with Gasteiger partial charge in [0, 0.05) is 25.7 Å². The number of rotatable bonds is 67. The molecule has 0 rings (SSSR count). The van der Waals surface area contributed by atoms with Gasteiger partial charge in [0.15, 0.2) is 12.2 Å². The summed E-state index contributed by atoms with van der Waals surface area (Å²) in [5.41, 5.74) is 0. The van der Waals surface area contributed by atoms with E-state index in [0.717, 1.165) is 109 Å². The lowest BCUT2D eigenvalue weighted by Crippen LogP contribution is -2.30. The average molecular weight is 1270 g/mol. The zero-order valence-corrected chi connectivity index (χ0v) is 57.2. The van der Waals surface area contributed by atoms with E-state index in [2.05, 4.69) is 34.6 Å². The second-order valence-corrected chi connectivity index (χ2v) is 27.4. The standard InChI is InChI=1S/C67H130O17P2/c1-6-10-13-16-19-21-22-23-24-25-26-27-28-29-31-38-43-48-53-67(72)84-63(57-78-65(70)51-46-41-36-33-32-35-39-44-49-60(5)9-4)59-82-86(75,76)80-55-61(68)54-79-85(73,74)81-58-62(56-77-64(69)50-45-40-34-18-15-12-8-3)83-66(71)52-47-42-37-30-20-17-14-11-7-2/h60-63,68H,6-59H2,1-5H3,(H,73,74)(H,75,76)/t60?,61-,62+,63+/m0/s1. The minimum absolute atomic E-state index is 0.105. The van der Waals surface area contributed by atoms with Crippen LogP contribution in [-0.4, -0.2) is 96.7 Å². The maximum absolute atomic E-state index is 13.0. The number of carbonyl (C=O) groups excluding carboxylic acids is 4. The summed E-state index contributed by atoms with van der Waals surface area (Å²) < 4.78 is 68.0. The summed E-state index contributed by atoms with van der Waals surface area (Å²) in [7, 11) is -9.88. The molecule has 0 aromatic carbocycles. The van der Waals surface area contributed by atoms with Crippen LogP contribution in [0.2, 0.25) is 0 Å². The SMILES string of the molecule is CCCCCCCCCCCCCCCCCCCCC(=O)O[C@H](COC(=O)CCCCCCCCCCC(C)CC)COP(=O)(O)OC[C@@H](O)COP(=O)(O)OC[C@@H](COC(=O)CCCCCCCCC)OC(=O)CCCCCCCCCCC. The van der Waals surface area contributed by atoms with Crippen molar-refractivity contribution in [3.05, 3.63) is 0 Å². The molecule has 0 spiro atoms. The van der Waals surface area contributed by atoms with Crippen LogP contribution < -0.4 is 0 Å². The highest BCUT2D eigenvalue weighted by atomic mass is 31.2. The molecular weight excluding hydrogens is 1140 g/mol. The summed E-state index contributed by atoms with van der Waals surface area (Å²) in [6.07, 6.45) is 45.9. The van der Waals surface area contributed by atoms with Crippen LogP contribution in [-0.2, 0) is 65.4 Å². The number of hydrogen-bond acceptors (Lipinski definition) is 15. The number of phosphoric ester groups is 2. The fourth-order valence-corrected chi connectivity index (χ4v) is 11.7. The molecule has 3 N–H and O–H groups in total. The molecule has 6 atom stereocenters. The summed E-state index contributed by atoms with van der Waals surface area (Å²) in [4.78, 5) is 72.2. The van der Waals surface area contributed by atoms with E-state index in [1.54, 1.807) is 0 Å². The first-order valence-corrected chi connectivity index (χ1v) is 38.2. The molecule has 0 aliphatic rings. The lowest BCUT2D eigenvalue weighted by Gasteiger charge is -2.21. The van der Waals surface area contributed by atoms with Crippen LogP contribution in [0, 0.1) is 5.92 Å². The molecule has 3 unspecified atom stereocenters. The Morgan fingerprint density at radius 1 is 0.326 bits per heavy atom. The van der Waals surface area contributed by atoms with Crippen molar-refractivity contribution in [2.45, 2.75) is 361 Å². The van der Waals surface area contributed by atoms with Crippen LogP contribution >= 0.6 is 15.6 Å². The Kier molecular flexibility index (Phi) is 59.2. The third-order valence-electron chi connectivity index (χ3n) is 15.9. The summed E-state index contributed by atoms with van der Waals surface area (Å²) in [6.45, 7) is 7.17. The van der Waals surface area contributed by atoms with E-state index in [9.17, 15) is 43.2 Å². The molecule has 0 amide bonds. The number of hydrogen-bond donors (Lipinski definition) is 3. The summed E-state index contributed by atoms with van der Waals surface area (Å²) in [5, 5.41) is 10.5. The minimum Gasteiger partial charge on any atom is -0.462 e. The van der Waals surface area contributed by atoms with Gasteiger partial charge in [0.1, 0.15) is 19.3 Å². The van der Waals surface area contributed by atoms with E-state index < -0.39 is 97.5 Å². The predicted octanol–water partition coefficient (Wildman–Crippen LogP) is 19.0. The molecule has 0 aromatic rings. The predicted molar refractivity (Wildman–Crippen MR) is 345 cm³/mol. The van der Waals surface area contributed by atoms with Crippen LogP contribution in [0.1, 0.15) is 343 Å². The molecule has 0 heterocycles. The van der Waals surface area contributed by atoms with Crippen molar-refractivity contribution in [3.8, 4) is 0 Å². The zero-order chi connectivity index (χ0) is 63.5. The van der Waals surface area contributed by atoms with Crippen LogP contribution in [0.4, 0.5) is 0 Å². The lowest BCUT2D eigenvalue weighted by atomic mass is 9.99. The molecule has 0 aromatic heterocycles. The van der Waals surface area contributed by atoms with Gasteiger partial charge in [-0.15, -0.1) is 0 Å². The van der Waals surface area contributed by atoms with Gasteiger partial charge < -0.3 is 33.8 Å². The van der Waals surface area contributed by atoms with Crippen molar-refractivity contribution in [2.75, 3.05) is 39.6 Å². The van der Waals surface area contributed by atoms with Gasteiger partial charge in [0.25, 0.3) is 0 Å². The first-order chi connectivity index (χ1) is 41.6. The smallest absolute Gasteiger partial charge is 0.462 e. The maximum atomic E-state index is 13.0. The number of esters is 4. The molecule has 0 saturated carbocycles. The Labute approximate surface area is 524 Å². The number of aliphatic hydroxyl groups excluding tert-OH is 1. The lowest BCUT2D eigenvalue weighted by molar-refractivity contribution is -0.161. The van der Waals surface area contributed by atoms with E-state index >= 15 is 0 Å². The summed E-state index contributed by atoms with van der Waals surface area (Å²) >= 11 is 0. The number of unbranched alkanes of at least 4 members (excludes halogenated alkanes) is 38. The fraction of sp³-hybridized carbons (Fsp3) is 0.940. The number of phosphoric acid groups is 2. The van der Waals surface area contributed by atoms with Crippen molar-refractivity contribution >= 4 is 39.5 Å². The van der Waals surface area contributed by atoms with E-state index in [-0.39, 0.29) is 25.7 Å². The normalized spacial score (nSPS) is 14.5. The van der Waals surface area contributed by atoms with Gasteiger partial charge in [-0.1, -0.05) is 291 Å². The first kappa shape index (κ1) is 84.1. The topological polar surface area (TPSA) is 237 Å². The molecule has 0 aliphatic carbocycles. The van der Waals surface area contributed by atoms with Crippen molar-refractivity contribution < 1.29 is 80.2 Å². The van der Waals surface area contributed by atoms with Crippen LogP contribution in [0.3, 0.4) is 0 Å². The van der Waals surface area contributed by atoms with Gasteiger partial charge in [-0.2, -0.15) is 0 Å². The Balaban J connectivity index is 5.18. The molecule has 0 radical (unpaired) electrons. The largest absolute Gasteiger partial charge is 0.472 e. The van der Waals surface area contributed by atoms with Crippen LogP contribution in [0.15, 0.2) is 0 Å². The van der Waals surface area contributed by atoms with Crippen molar-refractivity contribution in [2.24, 2.45) is 5.92 Å². The van der Waals surface area contributed by atoms with Crippen molar-refractivity contribution in [1.29, 1.82) is 0 Å². The Morgan fingerprint density at radius 2 is 0.558 bits per heavy atom. The molecule has 86 heavy (non-hydrogen) atoms. The third kappa shape index (κ3) is 59.7. The van der Waals surface area contributed by atoms with Gasteiger partial charge in [0.05, 0.1) is 26.4 Å². The summed E-state index contributed by atoms with van der Waals surface area (Å²) in [5.74, 6) is -1.36. The second-order valence-electron chi connectivity index (χ2n) is 24.5. The average Bonchev–Trinajstić information content (AvgIpc) is 3.64. The molecule has 0 bridgehead atoms. The Morgan fingerprint density at radius 3 is 0.826 bits per heavy atom. The minimum atomic E-state index is -4.95. The highest BCUT2D eigenvalue weighted by molar-refractivity contribution is 7.47. The molecule has 510 valence electrons. The van der Waals surface area contributed by atoms with Crippen LogP contribution in [0.25, 0.3) is 0 Å². The third-order valence-corrected chi connectivity index (χ3v) is 17.8. The number of carbonyl (C=O) groups is 4. The number of ether oxygens (including phenoxy) is 4. The molecule has 19 heteroatoms. The second kappa shape index (κ2) is 60.6. The monoisotopic (exact) mass is 1270 g/mol. The maximum Gasteiger partial charge on any atom is 0.472 e. The molecule has 0 aliphatic heterocycles. The summed E-state index contributed by atoms with van der Waals surface area (Å²) in [6, 6.07) is 0. The Hall–Kier alpha value is -1.94. The van der Waals surface area contributed by atoms with Gasteiger partial charge in [-0.3, -0.25) is 37.3 Å². The Bertz CT molecular complexity index is 1670. The van der Waals surface area contributed by atoms with Gasteiger partial charge >= 0.3 is 39.5 Å². The van der Waals surface area contributed by atoms with E-state index in [4.69, 9.17) is 37.0 Å². The van der Waals surface area contributed by atoms with Crippen molar-refractivity contribution in [1.82, 2.24) is 0 Å². The van der Waals surface area contributed by atoms with E-state index in [1.807, 2.05) is 0 Å². The van der Waals surface area contributed by atoms with Gasteiger partial charge in [-0.25, -0.2) is 9.13 Å². The molecule has 17 nitrogen and oxygen atoms in total. The zero-order valence-electron chi connectivity index (χ0n) is 55.4. The van der Waals surface area contributed by atoms with Crippen molar-refractivity contribution in [3.63, 3.8) is 0 Å². The highest BCUT2D eigenvalue weighted by Crippen LogP contribution is 2.45. The molecular formula is C67H130O17P2. The molecule has 0 fully saturated rings. The van der Waals surface area contributed by atoms with E-state index in [1.165, 1.54) is 154 Å². The molecule has 0 saturated heterocycles. The quantitative estimate of drug-likeness (QED) is 0.0222. The van der Waals surface area contributed by atoms with Gasteiger partial charge in [0.2, 0.25) is 0 Å². The van der Waals surface area contributed by atoms with Gasteiger partial charge in [-0.05, 0) is 31.6 Å². The van der Waals surface area contributed by atoms with E-state index in [0.29, 0.717) is 25.7 Å². The highest BCUT2D eigenvalue weighted by Gasteiger charge is 2.30. The fourth-order valence-electron chi connectivity index (χ4n) is 10.1.